The summed E-state index contributed by atoms with van der Waals surface area (Å²) in [5.41, 5.74) is 6.33. The van der Waals surface area contributed by atoms with Gasteiger partial charge >= 0.3 is 0 Å². The van der Waals surface area contributed by atoms with Crippen molar-refractivity contribution in [2.75, 3.05) is 13.7 Å². The Morgan fingerprint density at radius 3 is 2.26 bits per heavy atom. The molecule has 0 radical (unpaired) electrons. The van der Waals surface area contributed by atoms with Crippen molar-refractivity contribution in [3.8, 4) is 39.5 Å². The molecule has 47 heavy (non-hydrogen) atoms. The molecule has 4 aromatic rings. The van der Waals surface area contributed by atoms with Gasteiger partial charge in [0, 0.05) is 70.9 Å². The fourth-order valence-electron chi connectivity index (χ4n) is 6.51. The first-order chi connectivity index (χ1) is 22.8. The highest BCUT2D eigenvalue weighted by Crippen LogP contribution is 2.42. The standard InChI is InChI=1S/C37H37Cl3N4O3/c1-47-37-24(20-41-19-22-11-14-26(45)17-22)12-15-32(44-37)29-9-3-7-27(35(29)39)28-8-4-10-30(36(28)40)33-18-31(38)23(21-42-33)5-2-6-25-13-16-34(46)43-25/h3-4,7-10,12,15,18,21-22,25,41H,2,5-6,11,13-14,16-17,19-20H2,1H3,(H,43,46)/t22-,25-/m1/s1. The Morgan fingerprint density at radius 1 is 0.894 bits per heavy atom. The number of halogens is 3. The Morgan fingerprint density at radius 2 is 1.62 bits per heavy atom. The van der Waals surface area contributed by atoms with Crippen LogP contribution in [0.5, 0.6) is 5.88 Å². The summed E-state index contributed by atoms with van der Waals surface area (Å²) < 4.78 is 5.65. The molecule has 10 heteroatoms. The van der Waals surface area contributed by atoms with E-state index in [2.05, 4.69) is 10.6 Å². The summed E-state index contributed by atoms with van der Waals surface area (Å²) in [6.45, 7) is 1.38. The quantitative estimate of drug-likeness (QED) is 0.155. The van der Waals surface area contributed by atoms with Crippen molar-refractivity contribution in [1.82, 2.24) is 20.6 Å². The van der Waals surface area contributed by atoms with Crippen molar-refractivity contribution in [2.24, 2.45) is 5.92 Å². The molecule has 0 bridgehead atoms. The van der Waals surface area contributed by atoms with Crippen molar-refractivity contribution < 1.29 is 14.3 Å². The number of hydrogen-bond donors (Lipinski definition) is 2. The summed E-state index contributed by atoms with van der Waals surface area (Å²) >= 11 is 20.8. The zero-order chi connectivity index (χ0) is 32.9. The van der Waals surface area contributed by atoms with Crippen LogP contribution in [0.3, 0.4) is 0 Å². The first-order valence-corrected chi connectivity index (χ1v) is 17.2. The number of methoxy groups -OCH3 is 1. The molecule has 0 spiro atoms. The fourth-order valence-corrected chi connectivity index (χ4v) is 7.40. The van der Waals surface area contributed by atoms with Gasteiger partial charge in [0.1, 0.15) is 5.78 Å². The van der Waals surface area contributed by atoms with Gasteiger partial charge < -0.3 is 15.4 Å². The highest BCUT2D eigenvalue weighted by atomic mass is 35.5. The summed E-state index contributed by atoms with van der Waals surface area (Å²) in [5, 5.41) is 8.16. The van der Waals surface area contributed by atoms with Gasteiger partial charge in [0.05, 0.1) is 28.5 Å². The lowest BCUT2D eigenvalue weighted by molar-refractivity contribution is -0.119. The average Bonchev–Trinajstić information content (AvgIpc) is 3.69. The van der Waals surface area contributed by atoms with E-state index in [1.54, 1.807) is 7.11 Å². The number of nitrogens with one attached hydrogen (secondary N) is 2. The molecule has 2 aliphatic rings. The van der Waals surface area contributed by atoms with Gasteiger partial charge in [-0.3, -0.25) is 14.6 Å². The molecule has 2 fully saturated rings. The molecule has 2 aromatic carbocycles. The Bertz CT molecular complexity index is 1800. The molecular weight excluding hydrogens is 655 g/mol. The number of aromatic nitrogens is 2. The minimum Gasteiger partial charge on any atom is -0.481 e. The van der Waals surface area contributed by atoms with Gasteiger partial charge in [-0.2, -0.15) is 0 Å². The maximum atomic E-state index is 11.6. The molecule has 0 unspecified atom stereocenters. The van der Waals surface area contributed by atoms with Crippen LogP contribution < -0.4 is 15.4 Å². The minimum atomic E-state index is 0.136. The fraction of sp³-hybridized carbons (Fsp3) is 0.351. The first-order valence-electron chi connectivity index (χ1n) is 16.1. The lowest BCUT2D eigenvalue weighted by Crippen LogP contribution is -2.25. The van der Waals surface area contributed by atoms with Crippen LogP contribution in [0.1, 0.15) is 56.1 Å². The van der Waals surface area contributed by atoms with Gasteiger partial charge in [0.25, 0.3) is 0 Å². The number of amides is 1. The number of ether oxygens (including phenoxy) is 1. The molecule has 1 saturated heterocycles. The number of benzene rings is 2. The van der Waals surface area contributed by atoms with Crippen LogP contribution in [0, 0.1) is 5.92 Å². The summed E-state index contributed by atoms with van der Waals surface area (Å²) in [7, 11) is 1.61. The third-order valence-electron chi connectivity index (χ3n) is 9.08. The smallest absolute Gasteiger partial charge is 0.220 e. The molecule has 3 heterocycles. The van der Waals surface area contributed by atoms with E-state index in [0.29, 0.717) is 69.8 Å². The highest BCUT2D eigenvalue weighted by molar-refractivity contribution is 6.39. The highest BCUT2D eigenvalue weighted by Gasteiger charge is 2.23. The SMILES string of the molecule is COc1nc(-c2cccc(-c3cccc(-c4cc(Cl)c(CCC[C@@H]5CCC(=O)N5)cn4)c3Cl)c2Cl)ccc1CNC[C@@H]1CCC(=O)C1. The number of carbonyl (C=O) groups excluding carboxylic acids is 2. The van der Waals surface area contributed by atoms with Crippen LogP contribution in [-0.4, -0.2) is 41.4 Å². The largest absolute Gasteiger partial charge is 0.481 e. The number of Topliss-reactive ketones (excluding diaryl/α,β-unsaturated/α-hetero) is 1. The number of carbonyl (C=O) groups is 2. The first kappa shape index (κ1) is 33.4. The molecule has 2 N–H and O–H groups in total. The number of pyridine rings is 2. The van der Waals surface area contributed by atoms with E-state index in [1.807, 2.05) is 60.8 Å². The Hall–Kier alpha value is -3.49. The van der Waals surface area contributed by atoms with E-state index < -0.39 is 0 Å². The van der Waals surface area contributed by atoms with Crippen molar-refractivity contribution in [3.05, 3.63) is 87.0 Å². The van der Waals surface area contributed by atoms with Crippen LogP contribution in [0.15, 0.2) is 60.8 Å². The maximum absolute atomic E-state index is 11.6. The van der Waals surface area contributed by atoms with Crippen molar-refractivity contribution in [1.29, 1.82) is 0 Å². The molecule has 1 saturated carbocycles. The second kappa shape index (κ2) is 15.2. The van der Waals surface area contributed by atoms with Crippen LogP contribution >= 0.6 is 34.8 Å². The van der Waals surface area contributed by atoms with Crippen LogP contribution in [0.25, 0.3) is 33.6 Å². The van der Waals surface area contributed by atoms with Gasteiger partial charge in [0.2, 0.25) is 11.8 Å². The van der Waals surface area contributed by atoms with E-state index in [0.717, 1.165) is 72.0 Å². The Kier molecular flexibility index (Phi) is 10.8. The second-order valence-corrected chi connectivity index (χ2v) is 13.5. The molecule has 244 valence electrons. The molecule has 1 amide bonds. The van der Waals surface area contributed by atoms with Crippen molar-refractivity contribution in [2.45, 2.75) is 64.0 Å². The van der Waals surface area contributed by atoms with Gasteiger partial charge in [-0.25, -0.2) is 4.98 Å². The van der Waals surface area contributed by atoms with Crippen LogP contribution in [0.2, 0.25) is 15.1 Å². The topological polar surface area (TPSA) is 93.2 Å². The van der Waals surface area contributed by atoms with Gasteiger partial charge in [-0.05, 0) is 62.3 Å². The zero-order valence-corrected chi connectivity index (χ0v) is 28.5. The molecule has 6 rings (SSSR count). The number of aryl methyl sites for hydroxylation is 1. The maximum Gasteiger partial charge on any atom is 0.220 e. The third-order valence-corrected chi connectivity index (χ3v) is 10.2. The van der Waals surface area contributed by atoms with Crippen LogP contribution in [-0.2, 0) is 22.6 Å². The molecular formula is C37H37Cl3N4O3. The van der Waals surface area contributed by atoms with Gasteiger partial charge in [0.15, 0.2) is 0 Å². The van der Waals surface area contributed by atoms with E-state index in [-0.39, 0.29) is 11.9 Å². The Balaban J connectivity index is 1.19. The minimum absolute atomic E-state index is 0.136. The second-order valence-electron chi connectivity index (χ2n) is 12.3. The monoisotopic (exact) mass is 690 g/mol. The zero-order valence-electron chi connectivity index (χ0n) is 26.3. The average molecular weight is 692 g/mol. The number of hydrogen-bond acceptors (Lipinski definition) is 6. The summed E-state index contributed by atoms with van der Waals surface area (Å²) in [6, 6.07) is 17.7. The van der Waals surface area contributed by atoms with E-state index in [9.17, 15) is 9.59 Å². The van der Waals surface area contributed by atoms with E-state index in [4.69, 9.17) is 49.5 Å². The summed E-state index contributed by atoms with van der Waals surface area (Å²) in [4.78, 5) is 32.6. The number of ketones is 1. The van der Waals surface area contributed by atoms with Crippen molar-refractivity contribution in [3.63, 3.8) is 0 Å². The van der Waals surface area contributed by atoms with E-state index >= 15 is 0 Å². The van der Waals surface area contributed by atoms with Crippen LogP contribution in [0.4, 0.5) is 0 Å². The lowest BCUT2D eigenvalue weighted by Gasteiger charge is -2.15. The normalized spacial score (nSPS) is 17.7. The number of nitrogens with zero attached hydrogens (tertiary/aromatic N) is 2. The van der Waals surface area contributed by atoms with Crippen molar-refractivity contribution >= 4 is 46.5 Å². The molecule has 2 atom stereocenters. The predicted molar refractivity (Wildman–Crippen MR) is 188 cm³/mol. The predicted octanol–water partition coefficient (Wildman–Crippen LogP) is 8.51. The molecule has 2 aromatic heterocycles. The summed E-state index contributed by atoms with van der Waals surface area (Å²) in [5.74, 6) is 1.40. The molecule has 1 aliphatic heterocycles. The van der Waals surface area contributed by atoms with Gasteiger partial charge in [-0.15, -0.1) is 0 Å². The third kappa shape index (κ3) is 7.81. The number of rotatable bonds is 12. The molecule has 7 nitrogen and oxygen atoms in total. The van der Waals surface area contributed by atoms with Gasteiger partial charge in [-0.1, -0.05) is 77.3 Å². The summed E-state index contributed by atoms with van der Waals surface area (Å²) in [6.07, 6.45) is 8.23. The Labute approximate surface area is 290 Å². The lowest BCUT2D eigenvalue weighted by atomic mass is 9.97. The van der Waals surface area contributed by atoms with E-state index in [1.165, 1.54) is 0 Å². The molecule has 1 aliphatic carbocycles.